The predicted molar refractivity (Wildman–Crippen MR) is 84.8 cm³/mol. The molecule has 0 bridgehead atoms. The number of fused-ring (bicyclic) bond motifs is 1. The average Bonchev–Trinajstić information content (AvgIpc) is 2.54. The third-order valence-electron chi connectivity index (χ3n) is 3.85. The van der Waals surface area contributed by atoms with E-state index in [1.165, 1.54) is 13.2 Å². The minimum Gasteiger partial charge on any atom is -0.465 e. The van der Waals surface area contributed by atoms with Crippen LogP contribution in [0.15, 0.2) is 36.4 Å². The quantitative estimate of drug-likeness (QED) is 0.852. The lowest BCUT2D eigenvalue weighted by Gasteiger charge is -2.27. The van der Waals surface area contributed by atoms with Crippen molar-refractivity contribution in [1.29, 1.82) is 0 Å². The SMILES string of the molecule is COC(=O)c1cc(F)cc2c1C(=O)C(c1ccccc1Cl)CN2. The van der Waals surface area contributed by atoms with E-state index in [2.05, 4.69) is 10.1 Å². The fourth-order valence-electron chi connectivity index (χ4n) is 2.77. The van der Waals surface area contributed by atoms with Gasteiger partial charge in [-0.05, 0) is 23.8 Å². The number of anilines is 1. The zero-order chi connectivity index (χ0) is 16.6. The van der Waals surface area contributed by atoms with Crippen LogP contribution in [0.25, 0.3) is 0 Å². The molecule has 0 aliphatic carbocycles. The van der Waals surface area contributed by atoms with E-state index in [1.54, 1.807) is 24.3 Å². The monoisotopic (exact) mass is 333 g/mol. The van der Waals surface area contributed by atoms with Gasteiger partial charge in [0.25, 0.3) is 0 Å². The molecule has 23 heavy (non-hydrogen) atoms. The largest absolute Gasteiger partial charge is 0.465 e. The molecule has 1 unspecified atom stereocenters. The topological polar surface area (TPSA) is 55.4 Å². The summed E-state index contributed by atoms with van der Waals surface area (Å²) in [7, 11) is 1.19. The molecule has 0 spiro atoms. The lowest BCUT2D eigenvalue weighted by Crippen LogP contribution is -2.30. The zero-order valence-corrected chi connectivity index (χ0v) is 13.0. The van der Waals surface area contributed by atoms with E-state index < -0.39 is 17.7 Å². The fourth-order valence-corrected chi connectivity index (χ4v) is 3.04. The maximum absolute atomic E-state index is 13.7. The van der Waals surface area contributed by atoms with Crippen molar-refractivity contribution >= 4 is 29.0 Å². The highest BCUT2D eigenvalue weighted by atomic mass is 35.5. The summed E-state index contributed by atoms with van der Waals surface area (Å²) < 4.78 is 18.3. The van der Waals surface area contributed by atoms with Gasteiger partial charge < -0.3 is 10.1 Å². The molecule has 1 heterocycles. The molecule has 6 heteroatoms. The lowest BCUT2D eigenvalue weighted by molar-refractivity contribution is 0.0596. The number of carbonyl (C=O) groups is 2. The van der Waals surface area contributed by atoms with E-state index in [9.17, 15) is 14.0 Å². The Morgan fingerprint density at radius 2 is 2.09 bits per heavy atom. The number of methoxy groups -OCH3 is 1. The molecule has 1 aliphatic rings. The Morgan fingerprint density at radius 1 is 1.35 bits per heavy atom. The zero-order valence-electron chi connectivity index (χ0n) is 12.2. The minimum atomic E-state index is -0.754. The minimum absolute atomic E-state index is 0.0863. The van der Waals surface area contributed by atoms with Crippen molar-refractivity contribution in [2.45, 2.75) is 5.92 Å². The van der Waals surface area contributed by atoms with Crippen LogP contribution in [-0.4, -0.2) is 25.4 Å². The molecule has 3 rings (SSSR count). The molecule has 0 saturated carbocycles. The van der Waals surface area contributed by atoms with E-state index >= 15 is 0 Å². The average molecular weight is 334 g/mol. The summed E-state index contributed by atoms with van der Waals surface area (Å²) in [6.45, 7) is 0.277. The number of ketones is 1. The van der Waals surface area contributed by atoms with Crippen molar-refractivity contribution in [3.63, 3.8) is 0 Å². The molecule has 0 amide bonds. The maximum atomic E-state index is 13.7. The number of hydrogen-bond acceptors (Lipinski definition) is 4. The van der Waals surface area contributed by atoms with Gasteiger partial charge in [0.1, 0.15) is 5.82 Å². The van der Waals surface area contributed by atoms with Gasteiger partial charge >= 0.3 is 5.97 Å². The van der Waals surface area contributed by atoms with E-state index in [0.29, 0.717) is 16.3 Å². The Morgan fingerprint density at radius 3 is 2.78 bits per heavy atom. The summed E-state index contributed by atoms with van der Waals surface area (Å²) in [4.78, 5) is 24.8. The van der Waals surface area contributed by atoms with Crippen molar-refractivity contribution < 1.29 is 18.7 Å². The molecule has 1 atom stereocenters. The molecule has 0 aromatic heterocycles. The number of benzene rings is 2. The van der Waals surface area contributed by atoms with Gasteiger partial charge in [-0.25, -0.2) is 9.18 Å². The van der Waals surface area contributed by atoms with Gasteiger partial charge in [0.05, 0.1) is 24.2 Å². The number of esters is 1. The van der Waals surface area contributed by atoms with Crippen LogP contribution in [0.3, 0.4) is 0 Å². The molecule has 1 aliphatic heterocycles. The molecule has 4 nitrogen and oxygen atoms in total. The number of rotatable bonds is 2. The van der Waals surface area contributed by atoms with Crippen LogP contribution in [0.4, 0.5) is 10.1 Å². The normalized spacial score (nSPS) is 16.5. The number of hydrogen-bond donors (Lipinski definition) is 1. The van der Waals surface area contributed by atoms with Crippen molar-refractivity contribution in [3.8, 4) is 0 Å². The Bertz CT molecular complexity index is 806. The molecule has 2 aromatic rings. The molecular formula is C17H13ClFNO3. The Hall–Kier alpha value is -2.40. The number of ether oxygens (including phenoxy) is 1. The number of Topliss-reactive ketones (excluding diaryl/α,β-unsaturated/α-hetero) is 1. The van der Waals surface area contributed by atoms with Crippen LogP contribution in [0, 0.1) is 5.82 Å². The molecule has 118 valence electrons. The Balaban J connectivity index is 2.12. The lowest BCUT2D eigenvalue weighted by atomic mass is 9.84. The highest BCUT2D eigenvalue weighted by Gasteiger charge is 2.34. The second kappa shape index (κ2) is 6.01. The van der Waals surface area contributed by atoms with Crippen LogP contribution >= 0.6 is 11.6 Å². The second-order valence-corrected chi connectivity index (χ2v) is 5.59. The summed E-state index contributed by atoms with van der Waals surface area (Å²) in [5.74, 6) is -2.20. The number of halogens is 2. The highest BCUT2D eigenvalue weighted by Crippen LogP contribution is 2.36. The van der Waals surface area contributed by atoms with Crippen LogP contribution in [0.2, 0.25) is 5.02 Å². The van der Waals surface area contributed by atoms with E-state index in [-0.39, 0.29) is 23.5 Å². The van der Waals surface area contributed by atoms with Crippen molar-refractivity contribution in [3.05, 3.63) is 63.9 Å². The summed E-state index contributed by atoms with van der Waals surface area (Å²) in [5.41, 5.74) is 1.00. The van der Waals surface area contributed by atoms with Gasteiger partial charge in [-0.1, -0.05) is 29.8 Å². The molecular weight excluding hydrogens is 321 g/mol. The van der Waals surface area contributed by atoms with Gasteiger partial charge in [0, 0.05) is 17.3 Å². The maximum Gasteiger partial charge on any atom is 0.338 e. The first kappa shape index (κ1) is 15.5. The Kier molecular flexibility index (Phi) is 4.05. The van der Waals surface area contributed by atoms with Gasteiger partial charge in [0.2, 0.25) is 0 Å². The van der Waals surface area contributed by atoms with Gasteiger partial charge in [-0.15, -0.1) is 0 Å². The molecule has 0 saturated heterocycles. The smallest absolute Gasteiger partial charge is 0.338 e. The summed E-state index contributed by atoms with van der Waals surface area (Å²) in [5, 5.41) is 3.47. The van der Waals surface area contributed by atoms with E-state index in [4.69, 9.17) is 11.6 Å². The van der Waals surface area contributed by atoms with Crippen LogP contribution in [0.5, 0.6) is 0 Å². The van der Waals surface area contributed by atoms with Crippen molar-refractivity contribution in [2.24, 2.45) is 0 Å². The second-order valence-electron chi connectivity index (χ2n) is 5.19. The highest BCUT2D eigenvalue weighted by molar-refractivity contribution is 6.32. The van der Waals surface area contributed by atoms with Crippen molar-refractivity contribution in [1.82, 2.24) is 0 Å². The molecule has 2 aromatic carbocycles. The molecule has 1 N–H and O–H groups in total. The van der Waals surface area contributed by atoms with Crippen LogP contribution in [0.1, 0.15) is 32.2 Å². The third kappa shape index (κ3) is 2.68. The molecule has 0 radical (unpaired) electrons. The first-order chi connectivity index (χ1) is 11.0. The van der Waals surface area contributed by atoms with Gasteiger partial charge in [0.15, 0.2) is 5.78 Å². The third-order valence-corrected chi connectivity index (χ3v) is 4.19. The summed E-state index contributed by atoms with van der Waals surface area (Å²) in [6, 6.07) is 9.23. The number of carbonyl (C=O) groups excluding carboxylic acids is 2. The number of nitrogens with one attached hydrogen (secondary N) is 1. The summed E-state index contributed by atoms with van der Waals surface area (Å²) >= 11 is 6.17. The first-order valence-corrected chi connectivity index (χ1v) is 7.35. The molecule has 0 fully saturated rings. The first-order valence-electron chi connectivity index (χ1n) is 6.97. The standard InChI is InChI=1S/C17H13ClFNO3/c1-23-17(22)11-6-9(19)7-14-15(11)16(21)12(8-20-14)10-4-2-3-5-13(10)18/h2-7,12,20H,8H2,1H3. The van der Waals surface area contributed by atoms with Crippen LogP contribution in [-0.2, 0) is 4.74 Å². The fraction of sp³-hybridized carbons (Fsp3) is 0.176. The summed E-state index contributed by atoms with van der Waals surface area (Å²) in [6.07, 6.45) is 0. The predicted octanol–water partition coefficient (Wildman–Crippen LogP) is 3.66. The van der Waals surface area contributed by atoms with E-state index in [1.807, 2.05) is 0 Å². The van der Waals surface area contributed by atoms with Crippen LogP contribution < -0.4 is 5.32 Å². The Labute approximate surface area is 137 Å². The van der Waals surface area contributed by atoms with Gasteiger partial charge in [-0.3, -0.25) is 4.79 Å². The van der Waals surface area contributed by atoms with Gasteiger partial charge in [-0.2, -0.15) is 0 Å². The van der Waals surface area contributed by atoms with E-state index in [0.717, 1.165) is 6.07 Å². The van der Waals surface area contributed by atoms with Crippen molar-refractivity contribution in [2.75, 3.05) is 19.0 Å².